The van der Waals surface area contributed by atoms with E-state index in [1.54, 1.807) is 6.07 Å². The first-order chi connectivity index (χ1) is 9.22. The van der Waals surface area contributed by atoms with Gasteiger partial charge in [-0.1, -0.05) is 0 Å². The highest BCUT2D eigenvalue weighted by Gasteiger charge is 2.11. The fourth-order valence-electron chi connectivity index (χ4n) is 1.69. The number of aryl methyl sites for hydroxylation is 1. The van der Waals surface area contributed by atoms with Crippen LogP contribution in [0.1, 0.15) is 25.8 Å². The predicted molar refractivity (Wildman–Crippen MR) is 75.1 cm³/mol. The van der Waals surface area contributed by atoms with E-state index in [2.05, 4.69) is 0 Å². The Kier molecular flexibility index (Phi) is 7.12. The highest BCUT2D eigenvalue weighted by Crippen LogP contribution is 2.31. The summed E-state index contributed by atoms with van der Waals surface area (Å²) in [5.74, 6) is 1.44. The van der Waals surface area contributed by atoms with Crippen molar-refractivity contribution in [3.8, 4) is 16.9 Å². The number of nitrogens with zero attached hydrogens (tertiary/aromatic N) is 1. The van der Waals surface area contributed by atoms with E-state index in [9.17, 15) is 4.39 Å². The van der Waals surface area contributed by atoms with Crippen molar-refractivity contribution in [1.29, 1.82) is 5.26 Å². The lowest BCUT2D eigenvalue weighted by Gasteiger charge is -2.13. The Hall–Kier alpha value is -1.41. The van der Waals surface area contributed by atoms with Gasteiger partial charge in [-0.3, -0.25) is 0 Å². The quantitative estimate of drug-likeness (QED) is 0.538. The summed E-state index contributed by atoms with van der Waals surface area (Å²) in [4.78, 5) is 0. The third-order valence-electron chi connectivity index (χ3n) is 2.47. The van der Waals surface area contributed by atoms with Crippen LogP contribution in [0.4, 0.5) is 4.39 Å². The van der Waals surface area contributed by atoms with Crippen LogP contribution in [0, 0.1) is 16.5 Å². The van der Waals surface area contributed by atoms with Crippen LogP contribution in [-0.4, -0.2) is 19.0 Å². The Labute approximate surface area is 117 Å². The lowest BCUT2D eigenvalue weighted by atomic mass is 10.1. The van der Waals surface area contributed by atoms with E-state index in [-0.39, 0.29) is 5.82 Å². The lowest BCUT2D eigenvalue weighted by molar-refractivity contribution is 0.285. The first-order valence-corrected chi connectivity index (χ1v) is 7.30. The number of rotatable bonds is 8. The summed E-state index contributed by atoms with van der Waals surface area (Å²) >= 11 is 1.19. The average Bonchev–Trinajstić information content (AvgIpc) is 2.39. The van der Waals surface area contributed by atoms with Gasteiger partial charge in [0.2, 0.25) is 0 Å². The SMILES string of the molecule is CCOc1cc(F)c(CCCSC#N)cc1OCC. The maximum absolute atomic E-state index is 13.9. The van der Waals surface area contributed by atoms with E-state index in [0.29, 0.717) is 42.4 Å². The van der Waals surface area contributed by atoms with Crippen molar-refractivity contribution < 1.29 is 13.9 Å². The minimum Gasteiger partial charge on any atom is -0.490 e. The average molecular weight is 283 g/mol. The zero-order valence-electron chi connectivity index (χ0n) is 11.2. The molecule has 19 heavy (non-hydrogen) atoms. The van der Waals surface area contributed by atoms with Crippen LogP contribution in [-0.2, 0) is 6.42 Å². The first-order valence-electron chi connectivity index (χ1n) is 6.31. The molecular formula is C14H18FNO2S. The van der Waals surface area contributed by atoms with E-state index in [0.717, 1.165) is 6.42 Å². The summed E-state index contributed by atoms with van der Waals surface area (Å²) < 4.78 is 24.7. The normalized spacial score (nSPS) is 10.0. The fraction of sp³-hybridized carbons (Fsp3) is 0.500. The number of ether oxygens (including phenoxy) is 2. The van der Waals surface area contributed by atoms with E-state index < -0.39 is 0 Å². The van der Waals surface area contributed by atoms with Crippen molar-refractivity contribution in [1.82, 2.24) is 0 Å². The van der Waals surface area contributed by atoms with E-state index in [1.165, 1.54) is 17.8 Å². The second-order valence-corrected chi connectivity index (χ2v) is 4.68. The molecule has 0 heterocycles. The Morgan fingerprint density at radius 1 is 1.21 bits per heavy atom. The molecule has 0 aromatic heterocycles. The molecule has 3 nitrogen and oxygen atoms in total. The standard InChI is InChI=1S/C14H18FNO2S/c1-3-17-13-8-11(6-5-7-19-10-16)12(15)9-14(13)18-4-2/h8-9H,3-7H2,1-2H3. The van der Waals surface area contributed by atoms with Gasteiger partial charge in [-0.15, -0.1) is 0 Å². The molecule has 0 saturated carbocycles. The molecule has 0 unspecified atom stereocenters. The molecule has 0 bridgehead atoms. The molecule has 1 aromatic rings. The minimum atomic E-state index is -0.283. The van der Waals surface area contributed by atoms with Crippen molar-refractivity contribution in [3.05, 3.63) is 23.5 Å². The third kappa shape index (κ3) is 4.99. The molecule has 0 aliphatic rings. The number of halogens is 1. The minimum absolute atomic E-state index is 0.283. The van der Waals surface area contributed by atoms with Crippen LogP contribution in [0.25, 0.3) is 0 Å². The molecule has 1 rings (SSSR count). The largest absolute Gasteiger partial charge is 0.490 e. The summed E-state index contributed by atoms with van der Waals surface area (Å²) in [7, 11) is 0. The van der Waals surface area contributed by atoms with Gasteiger partial charge in [0.25, 0.3) is 0 Å². The monoisotopic (exact) mass is 283 g/mol. The Bertz CT molecular complexity index is 446. The van der Waals surface area contributed by atoms with Crippen LogP contribution < -0.4 is 9.47 Å². The lowest BCUT2D eigenvalue weighted by Crippen LogP contribution is -2.02. The number of hydrogen-bond acceptors (Lipinski definition) is 4. The molecular weight excluding hydrogens is 265 g/mol. The summed E-state index contributed by atoms with van der Waals surface area (Å²) in [6.45, 7) is 4.70. The maximum atomic E-state index is 13.9. The first kappa shape index (κ1) is 15.6. The zero-order chi connectivity index (χ0) is 14.1. The van der Waals surface area contributed by atoms with E-state index in [1.807, 2.05) is 19.2 Å². The van der Waals surface area contributed by atoms with Gasteiger partial charge in [0.05, 0.1) is 13.2 Å². The van der Waals surface area contributed by atoms with E-state index in [4.69, 9.17) is 14.7 Å². The molecule has 0 aliphatic carbocycles. The number of nitriles is 1. The van der Waals surface area contributed by atoms with Gasteiger partial charge in [0.1, 0.15) is 11.2 Å². The molecule has 5 heteroatoms. The van der Waals surface area contributed by atoms with Crippen LogP contribution in [0.2, 0.25) is 0 Å². The summed E-state index contributed by atoms with van der Waals surface area (Å²) in [6.07, 6.45) is 1.35. The molecule has 0 radical (unpaired) electrons. The molecule has 1 aromatic carbocycles. The maximum Gasteiger partial charge on any atom is 0.164 e. The summed E-state index contributed by atoms with van der Waals surface area (Å²) in [6, 6.07) is 3.07. The highest BCUT2D eigenvalue weighted by atomic mass is 32.2. The topological polar surface area (TPSA) is 42.2 Å². The molecule has 0 spiro atoms. The van der Waals surface area contributed by atoms with Crippen molar-refractivity contribution in [2.45, 2.75) is 26.7 Å². The highest BCUT2D eigenvalue weighted by molar-refractivity contribution is 8.03. The van der Waals surface area contributed by atoms with Crippen LogP contribution in [0.15, 0.2) is 12.1 Å². The Balaban J connectivity index is 2.81. The van der Waals surface area contributed by atoms with Gasteiger partial charge in [-0.2, -0.15) is 5.26 Å². The van der Waals surface area contributed by atoms with Crippen molar-refractivity contribution >= 4 is 11.8 Å². The third-order valence-corrected chi connectivity index (χ3v) is 3.09. The Morgan fingerprint density at radius 3 is 2.42 bits per heavy atom. The summed E-state index contributed by atoms with van der Waals surface area (Å²) in [5, 5.41) is 10.4. The second-order valence-electron chi connectivity index (χ2n) is 3.80. The van der Waals surface area contributed by atoms with Gasteiger partial charge >= 0.3 is 0 Å². The number of thiocyanates is 1. The van der Waals surface area contributed by atoms with Crippen LogP contribution >= 0.6 is 11.8 Å². The molecule has 0 aliphatic heterocycles. The van der Waals surface area contributed by atoms with Gasteiger partial charge in [-0.05, 0) is 50.1 Å². The second kappa shape index (κ2) is 8.65. The van der Waals surface area contributed by atoms with Crippen molar-refractivity contribution in [2.75, 3.05) is 19.0 Å². The Morgan fingerprint density at radius 2 is 1.84 bits per heavy atom. The number of hydrogen-bond donors (Lipinski definition) is 0. The molecule has 104 valence electrons. The number of benzene rings is 1. The molecule has 0 amide bonds. The smallest absolute Gasteiger partial charge is 0.164 e. The molecule has 0 fully saturated rings. The van der Waals surface area contributed by atoms with Gasteiger partial charge < -0.3 is 9.47 Å². The fourth-order valence-corrected chi connectivity index (χ4v) is 2.07. The zero-order valence-corrected chi connectivity index (χ0v) is 12.1. The number of thioether (sulfide) groups is 1. The van der Waals surface area contributed by atoms with Crippen LogP contribution in [0.5, 0.6) is 11.5 Å². The predicted octanol–water partition coefficient (Wildman–Crippen LogP) is 3.77. The van der Waals surface area contributed by atoms with Gasteiger partial charge in [0, 0.05) is 11.8 Å². The van der Waals surface area contributed by atoms with Crippen molar-refractivity contribution in [3.63, 3.8) is 0 Å². The molecule has 0 N–H and O–H groups in total. The van der Waals surface area contributed by atoms with Gasteiger partial charge in [0.15, 0.2) is 11.5 Å². The van der Waals surface area contributed by atoms with Crippen LogP contribution in [0.3, 0.4) is 0 Å². The van der Waals surface area contributed by atoms with Crippen molar-refractivity contribution in [2.24, 2.45) is 0 Å². The van der Waals surface area contributed by atoms with Gasteiger partial charge in [-0.25, -0.2) is 4.39 Å². The molecule has 0 atom stereocenters. The van der Waals surface area contributed by atoms with E-state index >= 15 is 0 Å². The molecule has 0 saturated heterocycles. The summed E-state index contributed by atoms with van der Waals surface area (Å²) in [5.41, 5.74) is 0.602.